The molecule has 1 unspecified atom stereocenters. The summed E-state index contributed by atoms with van der Waals surface area (Å²) < 4.78 is 27.4. The maximum Gasteiger partial charge on any atom is 0.341 e. The summed E-state index contributed by atoms with van der Waals surface area (Å²) in [6, 6.07) is 1.05. The third kappa shape index (κ3) is 5.04. The minimum absolute atomic E-state index is 0.0681. The van der Waals surface area contributed by atoms with Crippen molar-refractivity contribution in [1.82, 2.24) is 4.98 Å². The highest BCUT2D eigenvalue weighted by atomic mass is 32.2. The van der Waals surface area contributed by atoms with Crippen LogP contribution in [0.15, 0.2) is 12.3 Å². The van der Waals surface area contributed by atoms with Crippen LogP contribution in [0.25, 0.3) is 0 Å². The van der Waals surface area contributed by atoms with E-state index in [4.69, 9.17) is 10.5 Å². The Hall–Kier alpha value is -1.83. The van der Waals surface area contributed by atoms with E-state index in [0.717, 1.165) is 6.26 Å². The second kappa shape index (κ2) is 6.56. The highest BCUT2D eigenvalue weighted by molar-refractivity contribution is 7.90. The Morgan fingerprint density at radius 3 is 2.75 bits per heavy atom. The van der Waals surface area contributed by atoms with Gasteiger partial charge in [-0.15, -0.1) is 0 Å². The molecule has 1 aromatic rings. The van der Waals surface area contributed by atoms with Crippen molar-refractivity contribution in [3.05, 3.63) is 17.8 Å². The maximum absolute atomic E-state index is 11.8. The van der Waals surface area contributed by atoms with E-state index in [1.165, 1.54) is 12.3 Å². The van der Waals surface area contributed by atoms with Gasteiger partial charge in [-0.25, -0.2) is 18.2 Å². The van der Waals surface area contributed by atoms with Crippen molar-refractivity contribution in [3.8, 4) is 0 Å². The number of rotatable bonds is 6. The molecule has 0 fully saturated rings. The molecule has 8 heteroatoms. The number of aromatic nitrogens is 1. The van der Waals surface area contributed by atoms with Crippen LogP contribution in [0.3, 0.4) is 0 Å². The fourth-order valence-corrected chi connectivity index (χ4v) is 2.68. The summed E-state index contributed by atoms with van der Waals surface area (Å²) >= 11 is 0. The molecular weight excluding hydrogens is 282 g/mol. The van der Waals surface area contributed by atoms with Crippen LogP contribution in [0.4, 0.5) is 11.5 Å². The van der Waals surface area contributed by atoms with E-state index in [-0.39, 0.29) is 23.7 Å². The predicted octanol–water partition coefficient (Wildman–Crippen LogP) is 0.686. The Morgan fingerprint density at radius 2 is 2.20 bits per heavy atom. The van der Waals surface area contributed by atoms with Crippen LogP contribution in [0.1, 0.15) is 24.2 Å². The first-order valence-corrected chi connectivity index (χ1v) is 8.16. The molecule has 3 N–H and O–H groups in total. The first-order chi connectivity index (χ1) is 9.23. The van der Waals surface area contributed by atoms with Crippen LogP contribution in [0.2, 0.25) is 0 Å². The summed E-state index contributed by atoms with van der Waals surface area (Å²) in [5.74, 6) is -0.364. The van der Waals surface area contributed by atoms with Gasteiger partial charge in [0, 0.05) is 12.3 Å². The Kier molecular flexibility index (Phi) is 5.32. The van der Waals surface area contributed by atoms with Crippen LogP contribution in [-0.4, -0.2) is 44.0 Å². The molecule has 0 radical (unpaired) electrons. The van der Waals surface area contributed by atoms with Gasteiger partial charge in [-0.1, -0.05) is 0 Å². The summed E-state index contributed by atoms with van der Waals surface area (Å²) in [6.45, 7) is 3.61. The van der Waals surface area contributed by atoms with Gasteiger partial charge in [-0.2, -0.15) is 0 Å². The molecule has 7 nitrogen and oxygen atoms in total. The van der Waals surface area contributed by atoms with Crippen LogP contribution in [-0.2, 0) is 14.6 Å². The zero-order valence-corrected chi connectivity index (χ0v) is 12.5. The minimum Gasteiger partial charge on any atom is -0.462 e. The fourth-order valence-electron chi connectivity index (χ4n) is 1.69. The zero-order chi connectivity index (χ0) is 15.3. The van der Waals surface area contributed by atoms with Gasteiger partial charge in [0.25, 0.3) is 0 Å². The van der Waals surface area contributed by atoms with Crippen molar-refractivity contribution in [3.63, 3.8) is 0 Å². The first kappa shape index (κ1) is 16.2. The number of nitrogen functional groups attached to an aromatic ring is 1. The lowest BCUT2D eigenvalue weighted by Crippen LogP contribution is -2.26. The second-order valence-corrected chi connectivity index (χ2v) is 6.71. The SMILES string of the molecule is CCOC(=O)c1cc(N)cnc1NC(C)CS(C)(=O)=O. The number of sulfone groups is 1. The molecule has 1 atom stereocenters. The van der Waals surface area contributed by atoms with E-state index in [1.54, 1.807) is 13.8 Å². The summed E-state index contributed by atoms with van der Waals surface area (Å²) in [4.78, 5) is 15.8. The molecule has 112 valence electrons. The molecule has 0 spiro atoms. The summed E-state index contributed by atoms with van der Waals surface area (Å²) in [5.41, 5.74) is 6.12. The lowest BCUT2D eigenvalue weighted by molar-refractivity contribution is 0.0527. The fraction of sp³-hybridized carbons (Fsp3) is 0.500. The Balaban J connectivity index is 2.97. The number of anilines is 2. The Labute approximate surface area is 118 Å². The lowest BCUT2D eigenvalue weighted by Gasteiger charge is -2.16. The van der Waals surface area contributed by atoms with E-state index >= 15 is 0 Å². The largest absolute Gasteiger partial charge is 0.462 e. The molecule has 0 bridgehead atoms. The average Bonchev–Trinajstić information content (AvgIpc) is 2.29. The average molecular weight is 301 g/mol. The smallest absolute Gasteiger partial charge is 0.341 e. The summed E-state index contributed by atoms with van der Waals surface area (Å²) in [6.07, 6.45) is 2.53. The van der Waals surface area contributed by atoms with Gasteiger partial charge in [0.15, 0.2) is 0 Å². The molecule has 0 saturated carbocycles. The molecule has 0 saturated heterocycles. The number of nitrogens with one attached hydrogen (secondary N) is 1. The Morgan fingerprint density at radius 1 is 1.55 bits per heavy atom. The van der Waals surface area contributed by atoms with Crippen molar-refractivity contribution in [1.29, 1.82) is 0 Å². The van der Waals surface area contributed by atoms with E-state index < -0.39 is 21.8 Å². The monoisotopic (exact) mass is 301 g/mol. The van der Waals surface area contributed by atoms with Crippen LogP contribution >= 0.6 is 0 Å². The first-order valence-electron chi connectivity index (χ1n) is 6.10. The van der Waals surface area contributed by atoms with Crippen LogP contribution < -0.4 is 11.1 Å². The number of nitrogens with zero attached hydrogens (tertiary/aromatic N) is 1. The standard InChI is InChI=1S/C12H19N3O4S/c1-4-19-12(16)10-5-9(13)6-14-11(10)15-8(2)7-20(3,17)18/h5-6,8H,4,7,13H2,1-3H3,(H,14,15). The highest BCUT2D eigenvalue weighted by Gasteiger charge is 2.18. The topological polar surface area (TPSA) is 111 Å². The third-order valence-electron chi connectivity index (χ3n) is 2.34. The van der Waals surface area contributed by atoms with Gasteiger partial charge in [0.05, 0.1) is 24.2 Å². The molecule has 0 aliphatic rings. The Bertz CT molecular complexity index is 586. The minimum atomic E-state index is -3.13. The second-order valence-electron chi connectivity index (χ2n) is 4.52. The number of pyridine rings is 1. The van der Waals surface area contributed by atoms with E-state index in [2.05, 4.69) is 10.3 Å². The normalized spacial score (nSPS) is 12.8. The van der Waals surface area contributed by atoms with E-state index in [1.807, 2.05) is 0 Å². The number of esters is 1. The van der Waals surface area contributed by atoms with Gasteiger partial charge in [-0.3, -0.25) is 0 Å². The number of ether oxygens (including phenoxy) is 1. The zero-order valence-electron chi connectivity index (χ0n) is 11.7. The molecule has 20 heavy (non-hydrogen) atoms. The van der Waals surface area contributed by atoms with Gasteiger partial charge >= 0.3 is 5.97 Å². The highest BCUT2D eigenvalue weighted by Crippen LogP contribution is 2.18. The van der Waals surface area contributed by atoms with Gasteiger partial charge in [-0.05, 0) is 19.9 Å². The molecule has 0 aliphatic heterocycles. The van der Waals surface area contributed by atoms with Gasteiger partial charge in [0.1, 0.15) is 21.2 Å². The van der Waals surface area contributed by atoms with Gasteiger partial charge < -0.3 is 15.8 Å². The number of carbonyl (C=O) groups is 1. The number of hydrogen-bond donors (Lipinski definition) is 2. The van der Waals surface area contributed by atoms with Crippen molar-refractivity contribution in [2.45, 2.75) is 19.9 Å². The number of hydrogen-bond acceptors (Lipinski definition) is 7. The van der Waals surface area contributed by atoms with Crippen LogP contribution in [0.5, 0.6) is 0 Å². The summed E-state index contributed by atoms with van der Waals surface area (Å²) in [7, 11) is -3.13. The van der Waals surface area contributed by atoms with Crippen molar-refractivity contribution in [2.75, 3.05) is 29.7 Å². The van der Waals surface area contributed by atoms with Gasteiger partial charge in [0.2, 0.25) is 0 Å². The van der Waals surface area contributed by atoms with Crippen LogP contribution in [0, 0.1) is 0 Å². The number of nitrogens with two attached hydrogens (primary N) is 1. The van der Waals surface area contributed by atoms with E-state index in [9.17, 15) is 13.2 Å². The van der Waals surface area contributed by atoms with Crippen molar-refractivity contribution >= 4 is 27.3 Å². The molecule has 1 rings (SSSR count). The van der Waals surface area contributed by atoms with Crippen molar-refractivity contribution in [2.24, 2.45) is 0 Å². The molecule has 1 heterocycles. The molecule has 0 aliphatic carbocycles. The molecule has 0 aromatic carbocycles. The molecule has 0 amide bonds. The molecular formula is C12H19N3O4S. The lowest BCUT2D eigenvalue weighted by atomic mass is 10.2. The van der Waals surface area contributed by atoms with E-state index in [0.29, 0.717) is 5.69 Å². The number of carbonyl (C=O) groups excluding carboxylic acids is 1. The maximum atomic E-state index is 11.8. The predicted molar refractivity (Wildman–Crippen MR) is 77.4 cm³/mol. The quantitative estimate of drug-likeness (QED) is 0.743. The third-order valence-corrected chi connectivity index (χ3v) is 3.45. The molecule has 1 aromatic heterocycles. The van der Waals surface area contributed by atoms with Crippen molar-refractivity contribution < 1.29 is 17.9 Å². The summed E-state index contributed by atoms with van der Waals surface area (Å²) in [5, 5.41) is 2.89.